The van der Waals surface area contributed by atoms with Crippen molar-refractivity contribution < 1.29 is 66.6 Å². The van der Waals surface area contributed by atoms with Gasteiger partial charge < -0.3 is 48.1 Å². The number of fused-ring (bicyclic) bond motifs is 4. The van der Waals surface area contributed by atoms with Gasteiger partial charge in [-0.1, -0.05) is 37.6 Å². The van der Waals surface area contributed by atoms with Gasteiger partial charge in [0.15, 0.2) is 41.0 Å². The maximum atomic E-state index is 13.2. The molecule has 2 atom stereocenters. The zero-order chi connectivity index (χ0) is 43.1. The molecule has 6 heterocycles. The second kappa shape index (κ2) is 18.6. The molecule has 0 amide bonds. The zero-order valence-electron chi connectivity index (χ0n) is 31.4. The molecule has 60 heavy (non-hydrogen) atoms. The molecule has 2 aromatic carbocycles. The first kappa shape index (κ1) is 43.0. The largest absolute Gasteiger partial charge is 0.502 e. The summed E-state index contributed by atoms with van der Waals surface area (Å²) in [5, 5.41) is 32.5. The number of carboxylic acids is 2. The molecular formula is C40H35F3N2O13S2. The van der Waals surface area contributed by atoms with Gasteiger partial charge in [0.25, 0.3) is 11.1 Å². The number of ether oxygens (including phenoxy) is 5. The first-order chi connectivity index (χ1) is 28.7. The second-order valence-electron chi connectivity index (χ2n) is 13.0. The third kappa shape index (κ3) is 9.50. The Morgan fingerprint density at radius 2 is 1.23 bits per heavy atom. The van der Waals surface area contributed by atoms with Crippen LogP contribution in [0.4, 0.5) is 13.2 Å². The lowest BCUT2D eigenvalue weighted by molar-refractivity contribution is -0.156. The van der Waals surface area contributed by atoms with Crippen LogP contribution in [0.1, 0.15) is 40.5 Å². The number of nitrogens with zero attached hydrogens (tertiary/aromatic N) is 2. The Labute approximate surface area is 344 Å². The van der Waals surface area contributed by atoms with Gasteiger partial charge in [-0.3, -0.25) is 14.4 Å². The molecule has 316 valence electrons. The summed E-state index contributed by atoms with van der Waals surface area (Å²) in [6.07, 6.45) is -4.91. The number of carbonyl (C=O) groups excluding carboxylic acids is 1. The van der Waals surface area contributed by atoms with Gasteiger partial charge in [0, 0.05) is 0 Å². The van der Waals surface area contributed by atoms with Crippen molar-refractivity contribution in [2.24, 2.45) is 0 Å². The minimum Gasteiger partial charge on any atom is -0.502 e. The van der Waals surface area contributed by atoms with Crippen molar-refractivity contribution in [1.29, 1.82) is 0 Å². The number of aromatic hydroxyl groups is 1. The minimum atomic E-state index is -4.64. The predicted molar refractivity (Wildman–Crippen MR) is 213 cm³/mol. The highest BCUT2D eigenvalue weighted by molar-refractivity contribution is 7.17. The van der Waals surface area contributed by atoms with Crippen LogP contribution in [0, 0.1) is 0 Å². The smallest absolute Gasteiger partial charge is 0.446 e. The lowest BCUT2D eigenvalue weighted by atomic mass is 10.2. The number of benzene rings is 2. The number of aldehydes is 1. The number of aromatic carboxylic acids is 2. The summed E-state index contributed by atoms with van der Waals surface area (Å²) < 4.78 is 63.9. The molecule has 2 aliphatic heterocycles. The van der Waals surface area contributed by atoms with Crippen LogP contribution in [0.25, 0.3) is 20.4 Å². The number of unbranched alkanes of at least 4 members (excludes halogenated alkanes) is 1. The van der Waals surface area contributed by atoms with Gasteiger partial charge in [-0.25, -0.2) is 9.59 Å². The molecule has 0 radical (unpaired) electrons. The Hall–Kier alpha value is -6.54. The number of hydrogen-bond acceptors (Lipinski definition) is 13. The van der Waals surface area contributed by atoms with Crippen LogP contribution >= 0.6 is 22.7 Å². The standard InChI is InChI=1S/C21H21NO6S.C17H13NO6S.C2HF3O/c1-2-3-9-26-18-17(21(24)25)19-14(8-10-29-19)22(20(18)23)11-13-12-27-15-6-4-5-7-16(15)28-13;19-14-13(17(21)22)15-10(5-6-25-15)18(16(14)20)7-9-8-23-11-3-1-2-4-12(11)24-9;3-2(4,5)1-6/h4-8,10,13H,2-3,9,11-12H2,1H3,(H,24,25);1-6,9,19H,7-8H2,(H,21,22);1H. The van der Waals surface area contributed by atoms with Crippen molar-refractivity contribution in [2.75, 3.05) is 19.8 Å². The molecule has 4 aromatic heterocycles. The molecule has 0 fully saturated rings. The number of pyridine rings is 2. The van der Waals surface area contributed by atoms with Crippen LogP contribution in [0.5, 0.6) is 34.5 Å². The van der Waals surface area contributed by atoms with Crippen LogP contribution in [-0.4, -0.2) is 80.9 Å². The van der Waals surface area contributed by atoms with Crippen LogP contribution < -0.4 is 34.8 Å². The fraction of sp³-hybridized carbons (Fsp3) is 0.275. The van der Waals surface area contributed by atoms with Gasteiger partial charge in [-0.15, -0.1) is 22.7 Å². The van der Waals surface area contributed by atoms with E-state index in [4.69, 9.17) is 28.5 Å². The SMILES string of the molecule is CCCCOc1c(C(=O)O)c2sccc2n(CC2COc3ccccc3O2)c1=O.O=C(O)c1c(O)c(=O)n(CC2COc3ccccc3O2)c2ccsc12.O=CC(F)(F)F. The number of hydrogen-bond donors (Lipinski definition) is 3. The van der Waals surface area contributed by atoms with E-state index in [-0.39, 0.29) is 42.7 Å². The van der Waals surface area contributed by atoms with Crippen molar-refractivity contribution in [3.63, 3.8) is 0 Å². The number of alkyl halides is 3. The van der Waals surface area contributed by atoms with Crippen molar-refractivity contribution >= 4 is 61.3 Å². The summed E-state index contributed by atoms with van der Waals surface area (Å²) in [5.74, 6) is -0.866. The molecule has 6 aromatic rings. The van der Waals surface area contributed by atoms with Crippen LogP contribution in [0.3, 0.4) is 0 Å². The fourth-order valence-corrected chi connectivity index (χ4v) is 8.08. The number of thiophene rings is 2. The lowest BCUT2D eigenvalue weighted by Crippen LogP contribution is -2.37. The molecule has 0 spiro atoms. The van der Waals surface area contributed by atoms with Crippen LogP contribution in [0.2, 0.25) is 0 Å². The molecule has 20 heteroatoms. The molecule has 2 unspecified atom stereocenters. The highest BCUT2D eigenvalue weighted by atomic mass is 32.1. The van der Waals surface area contributed by atoms with E-state index >= 15 is 0 Å². The molecule has 0 saturated carbocycles. The third-order valence-corrected chi connectivity index (χ3v) is 10.7. The van der Waals surface area contributed by atoms with Crippen molar-refractivity contribution in [2.45, 2.75) is 51.2 Å². The quantitative estimate of drug-likeness (QED) is 0.0956. The lowest BCUT2D eigenvalue weighted by Gasteiger charge is -2.27. The van der Waals surface area contributed by atoms with Gasteiger partial charge in [-0.05, 0) is 53.6 Å². The van der Waals surface area contributed by atoms with Gasteiger partial charge in [-0.2, -0.15) is 13.2 Å². The molecule has 0 aliphatic carbocycles. The number of halogens is 3. The van der Waals surface area contributed by atoms with Gasteiger partial charge in [0.1, 0.15) is 24.3 Å². The predicted octanol–water partition coefficient (Wildman–Crippen LogP) is 6.83. The van der Waals surface area contributed by atoms with E-state index in [0.29, 0.717) is 56.6 Å². The number of aromatic nitrogens is 2. The fourth-order valence-electron chi connectivity index (χ4n) is 6.22. The topological polar surface area (TPSA) is 202 Å². The molecule has 0 bridgehead atoms. The normalized spacial score (nSPS) is 15.3. The van der Waals surface area contributed by atoms with E-state index in [0.717, 1.165) is 24.2 Å². The number of para-hydroxylation sites is 4. The zero-order valence-corrected chi connectivity index (χ0v) is 33.0. The molecule has 15 nitrogen and oxygen atoms in total. The molecule has 8 rings (SSSR count). The average Bonchev–Trinajstić information content (AvgIpc) is 3.92. The van der Waals surface area contributed by atoms with Gasteiger partial charge in [0.2, 0.25) is 12.0 Å². The summed E-state index contributed by atoms with van der Waals surface area (Å²) in [5.41, 5.74) is -0.649. The first-order valence-corrected chi connectivity index (χ1v) is 19.8. The molecule has 0 saturated heterocycles. The summed E-state index contributed by atoms with van der Waals surface area (Å²) in [6, 6.07) is 18.0. The second-order valence-corrected chi connectivity index (χ2v) is 14.8. The van der Waals surface area contributed by atoms with Gasteiger partial charge in [0.05, 0.1) is 40.1 Å². The summed E-state index contributed by atoms with van der Waals surface area (Å²) >= 11 is 2.43. The number of carboxylic acid groups (broad SMARTS) is 2. The van der Waals surface area contributed by atoms with E-state index in [9.17, 15) is 47.7 Å². The Morgan fingerprint density at radius 3 is 1.68 bits per heavy atom. The Bertz CT molecular complexity index is 2650. The summed E-state index contributed by atoms with van der Waals surface area (Å²) in [6.45, 7) is 3.19. The van der Waals surface area contributed by atoms with Crippen LogP contribution in [-0.2, 0) is 17.9 Å². The van der Waals surface area contributed by atoms with Gasteiger partial charge >= 0.3 is 18.1 Å². The first-order valence-electron chi connectivity index (χ1n) is 18.1. The van der Waals surface area contributed by atoms with Crippen LogP contribution in [0.15, 0.2) is 81.0 Å². The van der Waals surface area contributed by atoms with E-state index in [1.807, 2.05) is 43.3 Å². The monoisotopic (exact) mass is 872 g/mol. The highest BCUT2D eigenvalue weighted by Crippen LogP contribution is 2.35. The highest BCUT2D eigenvalue weighted by Gasteiger charge is 2.29. The Kier molecular flexibility index (Phi) is 13.3. The van der Waals surface area contributed by atoms with Crippen molar-refractivity contribution in [3.8, 4) is 34.5 Å². The van der Waals surface area contributed by atoms with E-state index in [2.05, 4.69) is 0 Å². The minimum absolute atomic E-state index is 0.0708. The Morgan fingerprint density at radius 1 is 0.783 bits per heavy atom. The van der Waals surface area contributed by atoms with Crippen molar-refractivity contribution in [1.82, 2.24) is 9.13 Å². The summed E-state index contributed by atoms with van der Waals surface area (Å²) in [7, 11) is 0. The third-order valence-electron chi connectivity index (χ3n) is 8.89. The Balaban J connectivity index is 0.000000179. The average molecular weight is 873 g/mol. The van der Waals surface area contributed by atoms with E-state index in [1.165, 1.54) is 20.5 Å². The number of carbonyl (C=O) groups is 3. The maximum Gasteiger partial charge on any atom is 0.446 e. The van der Waals surface area contributed by atoms with E-state index in [1.54, 1.807) is 35.0 Å². The molecule has 2 aliphatic rings. The summed E-state index contributed by atoms with van der Waals surface area (Å²) in [4.78, 5) is 57.7. The van der Waals surface area contributed by atoms with E-state index < -0.39 is 47.4 Å². The molecular weight excluding hydrogens is 838 g/mol. The molecule has 3 N–H and O–H groups in total. The van der Waals surface area contributed by atoms with Crippen molar-refractivity contribution in [3.05, 3.63) is 103 Å². The number of rotatable bonds is 10. The maximum absolute atomic E-state index is 13.2.